The molecule has 2 nitrogen and oxygen atoms in total. The van der Waals surface area contributed by atoms with Gasteiger partial charge in [0.05, 0.1) is 0 Å². The Morgan fingerprint density at radius 2 is 1.92 bits per heavy atom. The molecule has 1 atom stereocenters. The zero-order valence-electron chi connectivity index (χ0n) is 9.16. The van der Waals surface area contributed by atoms with Crippen LogP contribution >= 0.6 is 0 Å². The maximum Gasteiger partial charge on any atom is 0 e. The average molecular weight is 433 g/mol. The number of hydrogen-bond donors (Lipinski definition) is 1. The molecule has 1 saturated heterocycles. The Morgan fingerprint density at radius 1 is 1.38 bits per heavy atom. The first kappa shape index (κ1) is 14.4. The van der Waals surface area contributed by atoms with E-state index in [4.69, 9.17) is 4.84 Å². The fraction of sp³-hybridized carbons (Fsp3) is 0.800. The van der Waals surface area contributed by atoms with Crippen LogP contribution < -0.4 is 5.48 Å². The van der Waals surface area contributed by atoms with Crippen LogP contribution in [-0.4, -0.2) is 12.6 Å². The van der Waals surface area contributed by atoms with Gasteiger partial charge < -0.3 is 12.3 Å². The molecule has 1 fully saturated rings. The summed E-state index contributed by atoms with van der Waals surface area (Å²) in [7, 11) is 0. The Kier molecular flexibility index (Phi) is 5.36. The quantitative estimate of drug-likeness (QED) is 0.593. The van der Waals surface area contributed by atoms with Gasteiger partial charge in [-0.25, -0.2) is 5.48 Å². The standard InChI is InChI=1S/C9H18NO.CH3.Lr/c1-7-5-6-10-11-8(7)9(2,3)4;;/h8,10H,5-6H2,1-4H3;1H3;/q2*-1;. The molecular formula is C10H21LrNO-2. The molecule has 0 aromatic heterocycles. The smallest absolute Gasteiger partial charge is 0 e. The number of nitrogens with one attached hydrogen (secondary N) is 1. The molecule has 1 unspecified atom stereocenters. The molecular weight excluding hydrogens is 412 g/mol. The van der Waals surface area contributed by atoms with Gasteiger partial charge in [-0.1, -0.05) is 20.8 Å². The monoisotopic (exact) mass is 433 g/mol. The maximum absolute atomic E-state index is 5.47. The van der Waals surface area contributed by atoms with Gasteiger partial charge in [0.1, 0.15) is 0 Å². The molecule has 1 rings (SSSR count). The molecule has 1 N–H and O–H groups in total. The van der Waals surface area contributed by atoms with E-state index in [1.807, 2.05) is 0 Å². The molecule has 0 spiro atoms. The molecule has 1 aliphatic heterocycles. The van der Waals surface area contributed by atoms with E-state index in [1.54, 1.807) is 0 Å². The molecule has 89 valence electrons. The molecule has 0 amide bonds. The summed E-state index contributed by atoms with van der Waals surface area (Å²) in [5.41, 5.74) is 3.17. The van der Waals surface area contributed by atoms with Gasteiger partial charge in [-0.05, 0) is 18.1 Å². The summed E-state index contributed by atoms with van der Waals surface area (Å²) in [6.07, 6.45) is 1.42. The molecule has 0 aliphatic carbocycles. The van der Waals surface area contributed by atoms with E-state index in [2.05, 4.69) is 33.2 Å². The van der Waals surface area contributed by atoms with E-state index < -0.39 is 0 Å². The van der Waals surface area contributed by atoms with Gasteiger partial charge in [0.15, 0.2) is 0 Å². The first-order valence-electron chi connectivity index (χ1n) is 4.22. The van der Waals surface area contributed by atoms with Crippen LogP contribution in [0, 0.1) is 18.8 Å². The predicted molar refractivity (Wildman–Crippen MR) is 52.3 cm³/mol. The summed E-state index contributed by atoms with van der Waals surface area (Å²) in [5.74, 6) is 1.45. The van der Waals surface area contributed by atoms with Crippen LogP contribution in [0.25, 0.3) is 0 Å². The van der Waals surface area contributed by atoms with E-state index in [-0.39, 0.29) is 18.9 Å². The summed E-state index contributed by atoms with van der Waals surface area (Å²) in [4.78, 5) is 5.47. The van der Waals surface area contributed by atoms with Gasteiger partial charge in [0, 0.05) is 0 Å². The van der Waals surface area contributed by atoms with Crippen LogP contribution in [0.4, 0.5) is 0 Å². The zero-order valence-corrected chi connectivity index (χ0v) is 11.3. The van der Waals surface area contributed by atoms with Crippen LogP contribution in [0.5, 0.6) is 0 Å². The Morgan fingerprint density at radius 3 is 2.23 bits per heavy atom. The Labute approximate surface area is 76.6 Å². The SMILES string of the molecule is C[C-]1CCNOC1C(C)(C)C.[CH3-].[Lr]. The van der Waals surface area contributed by atoms with Crippen molar-refractivity contribution in [3.05, 3.63) is 13.3 Å². The van der Waals surface area contributed by atoms with Crippen molar-refractivity contribution in [3.8, 4) is 0 Å². The van der Waals surface area contributed by atoms with E-state index in [0.717, 1.165) is 13.0 Å². The fourth-order valence-corrected chi connectivity index (χ4v) is 1.54. The van der Waals surface area contributed by atoms with Crippen molar-refractivity contribution < 1.29 is 4.84 Å². The number of hydroxylamine groups is 1. The number of hydrogen-bond acceptors (Lipinski definition) is 2. The van der Waals surface area contributed by atoms with E-state index >= 15 is 0 Å². The van der Waals surface area contributed by atoms with Crippen LogP contribution in [0.3, 0.4) is 0 Å². The second kappa shape index (κ2) is 4.83. The summed E-state index contributed by atoms with van der Waals surface area (Å²) in [5, 5.41) is 0. The van der Waals surface area contributed by atoms with Gasteiger partial charge in [-0.15, -0.1) is 0 Å². The third-order valence-electron chi connectivity index (χ3n) is 2.06. The van der Waals surface area contributed by atoms with Crippen LogP contribution in [0.2, 0.25) is 0 Å². The Bertz CT molecular complexity index is 133. The minimum Gasteiger partial charge on any atom is -0.358 e. The molecule has 0 bridgehead atoms. The second-order valence-electron chi connectivity index (χ2n) is 4.35. The van der Waals surface area contributed by atoms with Crippen molar-refractivity contribution in [1.82, 2.24) is 5.48 Å². The van der Waals surface area contributed by atoms with Crippen LogP contribution in [0.1, 0.15) is 34.1 Å². The van der Waals surface area contributed by atoms with Gasteiger partial charge in [-0.2, -0.15) is 13.3 Å². The van der Waals surface area contributed by atoms with Crippen molar-refractivity contribution in [2.24, 2.45) is 5.41 Å². The van der Waals surface area contributed by atoms with Crippen LogP contribution in [-0.2, 0) is 4.84 Å². The minimum atomic E-state index is 0. The average Bonchev–Trinajstić information content (AvgIpc) is 1.86. The van der Waals surface area contributed by atoms with E-state index in [0.29, 0.717) is 0 Å². The van der Waals surface area contributed by atoms with Crippen molar-refractivity contribution in [3.63, 3.8) is 0 Å². The molecule has 3 heteroatoms. The molecule has 1 radical (unpaired) electrons. The van der Waals surface area contributed by atoms with Crippen molar-refractivity contribution in [1.29, 1.82) is 0 Å². The number of rotatable bonds is 0. The van der Waals surface area contributed by atoms with Crippen molar-refractivity contribution >= 4 is 0 Å². The molecule has 0 aromatic rings. The Hall–Kier alpha value is -1.08. The first-order chi connectivity index (χ1) is 5.02. The maximum atomic E-state index is 5.47. The topological polar surface area (TPSA) is 21.3 Å². The first-order valence-corrected chi connectivity index (χ1v) is 4.22. The summed E-state index contributed by atoms with van der Waals surface area (Å²) in [6.45, 7) is 9.74. The van der Waals surface area contributed by atoms with Gasteiger partial charge in [0.2, 0.25) is 0 Å². The molecule has 1 aliphatic rings. The second-order valence-corrected chi connectivity index (χ2v) is 4.35. The van der Waals surface area contributed by atoms with Crippen molar-refractivity contribution in [2.45, 2.75) is 40.2 Å². The molecule has 0 saturated carbocycles. The predicted octanol–water partition coefficient (Wildman–Crippen LogP) is 2.37. The van der Waals surface area contributed by atoms with Crippen molar-refractivity contribution in [2.75, 3.05) is 6.54 Å². The summed E-state index contributed by atoms with van der Waals surface area (Å²) >= 11 is 0. The minimum absolute atomic E-state index is 0. The van der Waals surface area contributed by atoms with E-state index in [1.165, 1.54) is 5.92 Å². The normalized spacial score (nSPS) is 24.5. The van der Waals surface area contributed by atoms with Gasteiger partial charge >= 0.3 is 0 Å². The Balaban J connectivity index is 0. The summed E-state index contributed by atoms with van der Waals surface area (Å²) in [6, 6.07) is 0. The van der Waals surface area contributed by atoms with Crippen LogP contribution in [0.15, 0.2) is 0 Å². The van der Waals surface area contributed by atoms with Gasteiger partial charge in [-0.3, -0.25) is 5.92 Å². The van der Waals surface area contributed by atoms with E-state index in [9.17, 15) is 0 Å². The largest absolute Gasteiger partial charge is 0.358 e. The molecule has 13 heavy (non-hydrogen) atoms. The third-order valence-corrected chi connectivity index (χ3v) is 2.06. The zero-order chi connectivity index (χ0) is 8.48. The third kappa shape index (κ3) is 3.43. The molecule has 1 heterocycles. The van der Waals surface area contributed by atoms with Gasteiger partial charge in [0.25, 0.3) is 0 Å². The summed E-state index contributed by atoms with van der Waals surface area (Å²) < 4.78 is 0. The molecule has 0 aromatic carbocycles. The fourth-order valence-electron chi connectivity index (χ4n) is 1.54.